The molecule has 0 saturated carbocycles. The first-order valence-corrected chi connectivity index (χ1v) is 5.40. The first-order valence-electron chi connectivity index (χ1n) is 3.98. The van der Waals surface area contributed by atoms with E-state index in [2.05, 4.69) is 24.0 Å². The molecule has 1 aromatic carbocycles. The number of benzene rings is 1. The number of aryl methyl sites for hydroxylation is 1. The third-order valence-corrected chi connectivity index (χ3v) is 2.68. The molecule has 13 heavy (non-hydrogen) atoms. The van der Waals surface area contributed by atoms with Crippen molar-refractivity contribution in [2.45, 2.75) is 6.92 Å². The molecule has 0 amide bonds. The van der Waals surface area contributed by atoms with E-state index in [1.54, 1.807) is 6.20 Å². The molecule has 64 valence electrons. The molecule has 0 bridgehead atoms. The molecule has 0 fully saturated rings. The summed E-state index contributed by atoms with van der Waals surface area (Å²) in [5.74, 6) is 0.893. The molecule has 0 spiro atoms. The average molecular weight is 367 g/mol. The molecule has 1 aromatic heterocycles. The molecule has 0 unspecified atom stereocenters. The van der Waals surface area contributed by atoms with Crippen LogP contribution in [0.25, 0.3) is 10.9 Å². The Morgan fingerprint density at radius 2 is 2.23 bits per heavy atom. The molecule has 2 aromatic rings. The molecule has 0 N–H and O–H groups in total. The van der Waals surface area contributed by atoms with E-state index < -0.39 is 0 Å². The summed E-state index contributed by atoms with van der Waals surface area (Å²) in [6.45, 7) is 2.06. The van der Waals surface area contributed by atoms with Gasteiger partial charge in [-0.1, -0.05) is 0 Å². The molecule has 0 saturated heterocycles. The van der Waals surface area contributed by atoms with Crippen molar-refractivity contribution in [2.24, 2.45) is 0 Å². The fourth-order valence-electron chi connectivity index (χ4n) is 1.37. The maximum absolute atomic E-state index is 5.36. The Labute approximate surface area is 92.4 Å². The molecule has 0 aliphatic carbocycles. The Bertz CT molecular complexity index is 442. The Balaban J connectivity index is 2.81. The van der Waals surface area contributed by atoms with Crippen LogP contribution in [0, 0.1) is 6.92 Å². The first-order chi connectivity index (χ1) is 6.31. The maximum atomic E-state index is 5.36. The van der Waals surface area contributed by atoms with E-state index in [0.717, 1.165) is 41.8 Å². The fourth-order valence-corrected chi connectivity index (χ4v) is 1.91. The van der Waals surface area contributed by atoms with Gasteiger partial charge in [-0.15, -0.1) is 0 Å². The average Bonchev–Trinajstić information content (AvgIpc) is 2.16. The zero-order valence-corrected chi connectivity index (χ0v) is 10.7. The molecule has 2 radical (unpaired) electrons. The summed E-state index contributed by atoms with van der Waals surface area (Å²) in [5.41, 5.74) is 2.16. The summed E-state index contributed by atoms with van der Waals surface area (Å²) < 4.78 is 5.36. The predicted octanol–water partition coefficient (Wildman–Crippen LogP) is 2.01. The van der Waals surface area contributed by atoms with Crippen molar-refractivity contribution in [3.63, 3.8) is 0 Å². The van der Waals surface area contributed by atoms with Crippen molar-refractivity contribution in [1.82, 2.24) is 4.98 Å². The van der Waals surface area contributed by atoms with Gasteiger partial charge in [-0.05, 0) is 0 Å². The van der Waals surface area contributed by atoms with Crippen LogP contribution in [0.5, 0.6) is 5.75 Å². The second-order valence-corrected chi connectivity index (χ2v) is 3.64. The van der Waals surface area contributed by atoms with Crippen LogP contribution in [-0.4, -0.2) is 30.1 Å². The minimum absolute atomic E-state index is 0.893. The number of nitrogens with zero attached hydrogens (tertiary/aromatic N) is 1. The number of pyridine rings is 1. The van der Waals surface area contributed by atoms with E-state index in [1.807, 2.05) is 12.1 Å². The van der Waals surface area contributed by atoms with Crippen LogP contribution in [0.3, 0.4) is 0 Å². The van der Waals surface area contributed by atoms with Crippen LogP contribution in [-0.2, 0) is 0 Å². The van der Waals surface area contributed by atoms with Crippen LogP contribution in [0.4, 0.5) is 0 Å². The van der Waals surface area contributed by atoms with Crippen LogP contribution in [0.1, 0.15) is 5.56 Å². The molecule has 2 nitrogen and oxygen atoms in total. The molecule has 0 aliphatic rings. The summed E-state index contributed by atoms with van der Waals surface area (Å²) in [6.07, 6.45) is 1.79. The van der Waals surface area contributed by atoms with Crippen LogP contribution in [0.2, 0.25) is 0 Å². The van der Waals surface area contributed by atoms with Gasteiger partial charge in [0.2, 0.25) is 0 Å². The normalized spacial score (nSPS) is 10.3. The second kappa shape index (κ2) is 3.59. The van der Waals surface area contributed by atoms with Gasteiger partial charge in [0.1, 0.15) is 0 Å². The van der Waals surface area contributed by atoms with Gasteiger partial charge < -0.3 is 0 Å². The predicted molar refractivity (Wildman–Crippen MR) is 52.9 cm³/mol. The van der Waals surface area contributed by atoms with Gasteiger partial charge >= 0.3 is 92.6 Å². The van der Waals surface area contributed by atoms with Crippen molar-refractivity contribution in [2.75, 3.05) is 0 Å². The van der Waals surface area contributed by atoms with Crippen molar-refractivity contribution in [3.05, 3.63) is 36.0 Å². The van der Waals surface area contributed by atoms with Crippen LogP contribution in [0.15, 0.2) is 30.5 Å². The molecule has 2 rings (SSSR count). The number of rotatable bonds is 1. The number of hydrogen-bond donors (Lipinski definition) is 0. The SMILES string of the molecule is Cc1cc([O][Bi])c2ncccc2c1. The van der Waals surface area contributed by atoms with Gasteiger partial charge in [0.25, 0.3) is 0 Å². The van der Waals surface area contributed by atoms with E-state index in [-0.39, 0.29) is 0 Å². The quantitative estimate of drug-likeness (QED) is 0.720. The molecular weight excluding hydrogens is 359 g/mol. The van der Waals surface area contributed by atoms with Crippen molar-refractivity contribution in [1.29, 1.82) is 0 Å². The van der Waals surface area contributed by atoms with Crippen molar-refractivity contribution in [3.8, 4) is 5.75 Å². The fraction of sp³-hybridized carbons (Fsp3) is 0.100. The standard InChI is InChI=1S/C10H9NO.Bi/c1-7-5-8-3-2-4-11-10(8)9(12)6-7;/h2-6,12H,1H3;/q;+1/p-1. The summed E-state index contributed by atoms with van der Waals surface area (Å²) in [4.78, 5) is 4.29. The zero-order valence-electron chi connectivity index (χ0n) is 7.19. The first kappa shape index (κ1) is 8.89. The van der Waals surface area contributed by atoms with Crippen molar-refractivity contribution >= 4 is 36.1 Å². The van der Waals surface area contributed by atoms with E-state index >= 15 is 0 Å². The van der Waals surface area contributed by atoms with E-state index in [0.29, 0.717) is 0 Å². The second-order valence-electron chi connectivity index (χ2n) is 2.93. The summed E-state index contributed by atoms with van der Waals surface area (Å²) >= 11 is 0.897. The molecule has 0 atom stereocenters. The molecular formula is C10H8BiNO. The topological polar surface area (TPSA) is 22.1 Å². The number of fused-ring (bicyclic) bond motifs is 1. The zero-order chi connectivity index (χ0) is 9.26. The third-order valence-electron chi connectivity index (χ3n) is 1.91. The summed E-state index contributed by atoms with van der Waals surface area (Å²) in [5, 5.41) is 1.14. The molecule has 3 heteroatoms. The Hall–Kier alpha value is -0.687. The van der Waals surface area contributed by atoms with E-state index in [1.165, 1.54) is 5.56 Å². The molecule has 1 heterocycles. The van der Waals surface area contributed by atoms with Gasteiger partial charge in [-0.2, -0.15) is 0 Å². The van der Waals surface area contributed by atoms with Gasteiger partial charge in [0, 0.05) is 0 Å². The van der Waals surface area contributed by atoms with Crippen LogP contribution >= 0.6 is 0 Å². The van der Waals surface area contributed by atoms with E-state index in [4.69, 9.17) is 2.81 Å². The van der Waals surface area contributed by atoms with Gasteiger partial charge in [-0.3, -0.25) is 0 Å². The van der Waals surface area contributed by atoms with Crippen LogP contribution < -0.4 is 2.81 Å². The molecule has 0 aliphatic heterocycles. The Kier molecular flexibility index (Phi) is 2.45. The van der Waals surface area contributed by atoms with Gasteiger partial charge in [-0.25, -0.2) is 0 Å². The summed E-state index contributed by atoms with van der Waals surface area (Å²) in [7, 11) is 0. The van der Waals surface area contributed by atoms with E-state index in [9.17, 15) is 0 Å². The minimum atomic E-state index is 0.893. The van der Waals surface area contributed by atoms with Gasteiger partial charge in [0.05, 0.1) is 0 Å². The summed E-state index contributed by atoms with van der Waals surface area (Å²) in [6, 6.07) is 8.13. The monoisotopic (exact) mass is 367 g/mol. The Morgan fingerprint density at radius 1 is 1.38 bits per heavy atom. The number of hydrogen-bond acceptors (Lipinski definition) is 2. The Morgan fingerprint density at radius 3 is 3.00 bits per heavy atom. The van der Waals surface area contributed by atoms with Crippen molar-refractivity contribution < 1.29 is 2.81 Å². The van der Waals surface area contributed by atoms with Gasteiger partial charge in [0.15, 0.2) is 0 Å². The number of aromatic nitrogens is 1. The third kappa shape index (κ3) is 1.66.